The van der Waals surface area contributed by atoms with E-state index in [0.29, 0.717) is 17.9 Å². The van der Waals surface area contributed by atoms with Crippen molar-refractivity contribution in [2.45, 2.75) is 26.8 Å². The van der Waals surface area contributed by atoms with Crippen LogP contribution in [0.5, 0.6) is 0 Å². The van der Waals surface area contributed by atoms with Gasteiger partial charge in [0.15, 0.2) is 0 Å². The molecule has 0 unspecified atom stereocenters. The van der Waals surface area contributed by atoms with E-state index in [2.05, 4.69) is 44.5 Å². The average molecular weight is 368 g/mol. The molecule has 2 aromatic rings. The van der Waals surface area contributed by atoms with Crippen molar-refractivity contribution in [1.82, 2.24) is 10.3 Å². The molecule has 21 heavy (non-hydrogen) atoms. The van der Waals surface area contributed by atoms with Gasteiger partial charge in [0.05, 0.1) is 12.1 Å². The third-order valence-electron chi connectivity index (χ3n) is 3.02. The van der Waals surface area contributed by atoms with Crippen LogP contribution in [0.1, 0.15) is 34.1 Å². The Hall–Kier alpha value is -1.40. The van der Waals surface area contributed by atoms with Crippen LogP contribution in [0.2, 0.25) is 0 Å². The average Bonchev–Trinajstić information content (AvgIpc) is 2.88. The Bertz CT molecular complexity index is 627. The maximum Gasteiger partial charge on any atom is 0.255 e. The summed E-state index contributed by atoms with van der Waals surface area (Å²) in [6.45, 7) is 5.46. The second-order valence-electron chi connectivity index (χ2n) is 4.69. The number of halogens is 1. The Labute approximate surface area is 137 Å². The monoisotopic (exact) mass is 367 g/mol. The number of amides is 1. The van der Waals surface area contributed by atoms with Crippen LogP contribution in [0.4, 0.5) is 5.82 Å². The molecule has 0 saturated heterocycles. The van der Waals surface area contributed by atoms with Crippen LogP contribution in [0.25, 0.3) is 0 Å². The van der Waals surface area contributed by atoms with E-state index in [-0.39, 0.29) is 5.91 Å². The van der Waals surface area contributed by atoms with Crippen LogP contribution in [0.15, 0.2) is 28.2 Å². The van der Waals surface area contributed by atoms with E-state index in [0.717, 1.165) is 17.4 Å². The van der Waals surface area contributed by atoms with Crippen molar-refractivity contribution < 1.29 is 4.79 Å². The quantitative estimate of drug-likeness (QED) is 0.811. The molecule has 1 amide bonds. The van der Waals surface area contributed by atoms with Crippen molar-refractivity contribution >= 4 is 39.0 Å². The lowest BCUT2D eigenvalue weighted by Gasteiger charge is -2.11. The molecule has 0 fully saturated rings. The molecule has 0 aliphatic rings. The van der Waals surface area contributed by atoms with Gasteiger partial charge in [-0.05, 0) is 52.4 Å². The van der Waals surface area contributed by atoms with E-state index in [4.69, 9.17) is 0 Å². The van der Waals surface area contributed by atoms with Gasteiger partial charge in [-0.15, -0.1) is 11.3 Å². The fourth-order valence-electron chi connectivity index (χ4n) is 1.84. The predicted octanol–water partition coefficient (Wildman–Crippen LogP) is 3.97. The Balaban J connectivity index is 2.10. The molecule has 0 radical (unpaired) electrons. The first kappa shape index (κ1) is 16.0. The highest BCUT2D eigenvalue weighted by atomic mass is 79.9. The zero-order valence-corrected chi connectivity index (χ0v) is 14.5. The zero-order valence-electron chi connectivity index (χ0n) is 12.1. The lowest BCUT2D eigenvalue weighted by molar-refractivity contribution is 0.0951. The molecule has 0 saturated carbocycles. The van der Waals surface area contributed by atoms with Crippen LogP contribution >= 0.6 is 27.3 Å². The molecular weight excluding hydrogens is 350 g/mol. The van der Waals surface area contributed by atoms with Gasteiger partial charge in [-0.25, -0.2) is 4.98 Å². The Morgan fingerprint density at radius 3 is 2.95 bits per heavy atom. The van der Waals surface area contributed by atoms with Gasteiger partial charge < -0.3 is 10.6 Å². The van der Waals surface area contributed by atoms with Gasteiger partial charge in [-0.3, -0.25) is 4.79 Å². The van der Waals surface area contributed by atoms with E-state index in [1.807, 2.05) is 12.3 Å². The topological polar surface area (TPSA) is 54.0 Å². The molecule has 0 aliphatic heterocycles. The number of nitrogens with zero attached hydrogens (tertiary/aromatic N) is 1. The van der Waals surface area contributed by atoms with Crippen molar-refractivity contribution in [2.75, 3.05) is 11.9 Å². The minimum atomic E-state index is -0.116. The van der Waals surface area contributed by atoms with Crippen molar-refractivity contribution in [2.24, 2.45) is 0 Å². The second kappa shape index (κ2) is 7.56. The fourth-order valence-corrected chi connectivity index (χ4v) is 3.01. The minimum Gasteiger partial charge on any atom is -0.369 e. The molecule has 0 bridgehead atoms. The molecule has 2 N–H and O–H groups in total. The number of aromatic nitrogens is 1. The summed E-state index contributed by atoms with van der Waals surface area (Å²) < 4.78 is 0.794. The van der Waals surface area contributed by atoms with Crippen molar-refractivity contribution in [3.8, 4) is 0 Å². The van der Waals surface area contributed by atoms with Gasteiger partial charge in [0.1, 0.15) is 5.82 Å². The number of thiophene rings is 1. The van der Waals surface area contributed by atoms with E-state index in [1.165, 1.54) is 10.4 Å². The zero-order chi connectivity index (χ0) is 15.2. The summed E-state index contributed by atoms with van der Waals surface area (Å²) in [5.41, 5.74) is 1.77. The SMILES string of the molecule is CCCNc1ncc(Br)cc1C(=O)NCc1sccc1C. The number of carbonyl (C=O) groups is 1. The molecular formula is C15H18BrN3OS. The lowest BCUT2D eigenvalue weighted by atomic mass is 10.2. The van der Waals surface area contributed by atoms with Gasteiger partial charge in [-0.2, -0.15) is 0 Å². The summed E-state index contributed by atoms with van der Waals surface area (Å²) in [6.07, 6.45) is 2.67. The summed E-state index contributed by atoms with van der Waals surface area (Å²) in [5, 5.41) is 8.18. The summed E-state index contributed by atoms with van der Waals surface area (Å²) in [5.74, 6) is 0.510. The van der Waals surface area contributed by atoms with E-state index in [1.54, 1.807) is 23.6 Å². The number of rotatable bonds is 6. The Kier molecular flexibility index (Phi) is 5.76. The standard InChI is InChI=1S/C15H18BrN3OS/c1-3-5-17-14-12(7-11(16)8-18-14)15(20)19-9-13-10(2)4-6-21-13/h4,6-8H,3,5,9H2,1-2H3,(H,17,18)(H,19,20). The Morgan fingerprint density at radius 1 is 1.48 bits per heavy atom. The normalized spacial score (nSPS) is 10.4. The Morgan fingerprint density at radius 2 is 2.29 bits per heavy atom. The van der Waals surface area contributed by atoms with Crippen LogP contribution < -0.4 is 10.6 Å². The van der Waals surface area contributed by atoms with Crippen molar-refractivity contribution in [1.29, 1.82) is 0 Å². The summed E-state index contributed by atoms with van der Waals surface area (Å²) in [7, 11) is 0. The van der Waals surface area contributed by atoms with Gasteiger partial charge in [0.25, 0.3) is 5.91 Å². The van der Waals surface area contributed by atoms with E-state index in [9.17, 15) is 4.79 Å². The highest BCUT2D eigenvalue weighted by Crippen LogP contribution is 2.19. The van der Waals surface area contributed by atoms with Gasteiger partial charge in [0, 0.05) is 22.1 Å². The fraction of sp³-hybridized carbons (Fsp3) is 0.333. The minimum absolute atomic E-state index is 0.116. The first-order valence-electron chi connectivity index (χ1n) is 6.82. The van der Waals surface area contributed by atoms with Gasteiger partial charge in [-0.1, -0.05) is 6.92 Å². The van der Waals surface area contributed by atoms with E-state index < -0.39 is 0 Å². The van der Waals surface area contributed by atoms with Crippen LogP contribution in [0, 0.1) is 6.92 Å². The second-order valence-corrected chi connectivity index (χ2v) is 6.60. The molecule has 0 aromatic carbocycles. The molecule has 112 valence electrons. The summed E-state index contributed by atoms with van der Waals surface area (Å²) >= 11 is 5.02. The molecule has 2 aromatic heterocycles. The number of aryl methyl sites for hydroxylation is 1. The van der Waals surface area contributed by atoms with Gasteiger partial charge in [0.2, 0.25) is 0 Å². The molecule has 0 atom stereocenters. The van der Waals surface area contributed by atoms with E-state index >= 15 is 0 Å². The molecule has 0 aliphatic carbocycles. The third kappa shape index (κ3) is 4.28. The molecule has 0 spiro atoms. The number of anilines is 1. The third-order valence-corrected chi connectivity index (χ3v) is 4.48. The van der Waals surface area contributed by atoms with Crippen LogP contribution in [-0.2, 0) is 6.54 Å². The van der Waals surface area contributed by atoms with Crippen LogP contribution in [-0.4, -0.2) is 17.4 Å². The highest BCUT2D eigenvalue weighted by Gasteiger charge is 2.13. The number of hydrogen-bond acceptors (Lipinski definition) is 4. The number of pyridine rings is 1. The summed E-state index contributed by atoms with van der Waals surface area (Å²) in [4.78, 5) is 17.8. The molecule has 2 rings (SSSR count). The van der Waals surface area contributed by atoms with Crippen molar-refractivity contribution in [3.05, 3.63) is 44.2 Å². The highest BCUT2D eigenvalue weighted by molar-refractivity contribution is 9.10. The predicted molar refractivity (Wildman–Crippen MR) is 90.9 cm³/mol. The number of hydrogen-bond donors (Lipinski definition) is 2. The first-order chi connectivity index (χ1) is 10.1. The lowest BCUT2D eigenvalue weighted by Crippen LogP contribution is -2.24. The summed E-state index contributed by atoms with van der Waals surface area (Å²) in [6, 6.07) is 3.85. The molecule has 2 heterocycles. The maximum atomic E-state index is 12.4. The molecule has 4 nitrogen and oxygen atoms in total. The number of carbonyl (C=O) groups excluding carboxylic acids is 1. The first-order valence-corrected chi connectivity index (χ1v) is 8.49. The number of nitrogens with one attached hydrogen (secondary N) is 2. The maximum absolute atomic E-state index is 12.4. The smallest absolute Gasteiger partial charge is 0.255 e. The molecule has 6 heteroatoms. The van der Waals surface area contributed by atoms with Crippen molar-refractivity contribution in [3.63, 3.8) is 0 Å². The van der Waals surface area contributed by atoms with Crippen LogP contribution in [0.3, 0.4) is 0 Å². The largest absolute Gasteiger partial charge is 0.369 e. The van der Waals surface area contributed by atoms with Gasteiger partial charge >= 0.3 is 0 Å².